The summed E-state index contributed by atoms with van der Waals surface area (Å²) in [5.41, 5.74) is 5.14. The number of benzene rings is 2. The van der Waals surface area contributed by atoms with Crippen LogP contribution in [0.4, 0.5) is 9.59 Å². The van der Waals surface area contributed by atoms with Gasteiger partial charge in [0.25, 0.3) is 0 Å². The summed E-state index contributed by atoms with van der Waals surface area (Å²) in [5, 5.41) is 13.2. The molecule has 0 spiro atoms. The molecule has 0 aliphatic carbocycles. The van der Waals surface area contributed by atoms with E-state index in [1.54, 1.807) is 22.2 Å². The van der Waals surface area contributed by atoms with Crippen molar-refractivity contribution in [3.63, 3.8) is 0 Å². The maximum atomic E-state index is 13.6. The van der Waals surface area contributed by atoms with Gasteiger partial charge in [0, 0.05) is 36.7 Å². The highest BCUT2D eigenvalue weighted by molar-refractivity contribution is 5.88. The smallest absolute Gasteiger partial charge is 0.407 e. The highest BCUT2D eigenvalue weighted by Crippen LogP contribution is 2.36. The Morgan fingerprint density at radius 2 is 1.39 bits per heavy atom. The molecule has 5 aromatic rings. The first-order chi connectivity index (χ1) is 27.3. The Morgan fingerprint density at radius 1 is 0.825 bits per heavy atom. The van der Waals surface area contributed by atoms with Crippen molar-refractivity contribution in [2.45, 2.75) is 77.5 Å². The molecule has 4 atom stereocenters. The lowest BCUT2D eigenvalue weighted by atomic mass is 10.0. The van der Waals surface area contributed by atoms with E-state index in [0.29, 0.717) is 24.7 Å². The number of fused-ring (bicyclic) bond motifs is 1. The van der Waals surface area contributed by atoms with Gasteiger partial charge < -0.3 is 39.3 Å². The fraction of sp³-hybridized carbons (Fsp3) is 0.429. The lowest BCUT2D eigenvalue weighted by molar-refractivity contribution is -0.138. The van der Waals surface area contributed by atoms with Crippen LogP contribution in [0.5, 0.6) is 0 Å². The summed E-state index contributed by atoms with van der Waals surface area (Å²) < 4.78 is 11.0. The third-order valence-corrected chi connectivity index (χ3v) is 11.2. The molecule has 0 radical (unpaired) electrons. The van der Waals surface area contributed by atoms with Gasteiger partial charge in [-0.3, -0.25) is 14.5 Å². The summed E-state index contributed by atoms with van der Waals surface area (Å²) in [6.45, 7) is 8.63. The summed E-state index contributed by atoms with van der Waals surface area (Å²) in [7, 11) is 2.73. The van der Waals surface area contributed by atoms with Gasteiger partial charge in [0.05, 0.1) is 43.0 Å². The molecule has 0 unspecified atom stereocenters. The Labute approximate surface area is 330 Å². The molecule has 0 bridgehead atoms. The minimum atomic E-state index is -1.13. The van der Waals surface area contributed by atoms with Crippen LogP contribution in [0.2, 0.25) is 0 Å². The maximum absolute atomic E-state index is 13.6. The number of aromatic nitrogens is 4. The predicted octanol–water partition coefficient (Wildman–Crippen LogP) is 7.22. The Hall–Kier alpha value is -6.12. The molecule has 3 aromatic heterocycles. The Kier molecular flexibility index (Phi) is 11.1. The van der Waals surface area contributed by atoms with Gasteiger partial charge >= 0.3 is 12.2 Å². The fourth-order valence-electron chi connectivity index (χ4n) is 8.17. The molecule has 0 saturated carbocycles. The summed E-state index contributed by atoms with van der Waals surface area (Å²) in [4.78, 5) is 71.7. The third kappa shape index (κ3) is 7.83. The molecule has 57 heavy (non-hydrogen) atoms. The molecule has 2 aromatic carbocycles. The third-order valence-electron chi connectivity index (χ3n) is 11.2. The van der Waals surface area contributed by atoms with Crippen LogP contribution in [0.1, 0.15) is 77.1 Å². The van der Waals surface area contributed by atoms with Crippen LogP contribution in [-0.4, -0.2) is 103 Å². The van der Waals surface area contributed by atoms with Crippen molar-refractivity contribution in [3.05, 3.63) is 72.6 Å². The molecule has 4 amide bonds. The number of methoxy groups -OCH3 is 1. The number of alkyl carbamates (subject to hydrolysis) is 1. The van der Waals surface area contributed by atoms with Crippen molar-refractivity contribution in [1.29, 1.82) is 0 Å². The Balaban J connectivity index is 1.04. The van der Waals surface area contributed by atoms with Crippen molar-refractivity contribution in [2.75, 3.05) is 27.2 Å². The van der Waals surface area contributed by atoms with E-state index in [1.807, 2.05) is 76.2 Å². The number of rotatable bonds is 11. The monoisotopic (exact) mass is 778 g/mol. The van der Waals surface area contributed by atoms with Crippen molar-refractivity contribution >= 4 is 35.0 Å². The molecule has 300 valence electrons. The summed E-state index contributed by atoms with van der Waals surface area (Å²) >= 11 is 0. The van der Waals surface area contributed by atoms with Gasteiger partial charge in [-0.2, -0.15) is 0 Å². The number of nitrogens with zero attached hydrogens (tertiary/aromatic N) is 5. The average molecular weight is 779 g/mol. The number of carboxylic acid groups (broad SMARTS) is 1. The second-order valence-corrected chi connectivity index (χ2v) is 15.6. The molecule has 15 heteroatoms. The molecule has 7 rings (SSSR count). The zero-order valence-electron chi connectivity index (χ0n) is 33.1. The van der Waals surface area contributed by atoms with Crippen LogP contribution >= 0.6 is 0 Å². The SMILES string of the molecule is COC(=O)N[C@H](C(=O)N1CCC[C@H]1c1ncc(-c2ccc3oc(-c4ccc(-c5cnc([C@@H]6CCCN6C(=O)[C@H](C(C)C)N(C)C(=O)O)[nH]5)cc4)cc3c2)[nH]1)C(C)C. The first kappa shape index (κ1) is 39.1. The van der Waals surface area contributed by atoms with Gasteiger partial charge in [0.2, 0.25) is 11.8 Å². The second-order valence-electron chi connectivity index (χ2n) is 15.6. The number of hydrogen-bond acceptors (Lipinski definition) is 8. The summed E-state index contributed by atoms with van der Waals surface area (Å²) in [6.07, 6.45) is 4.94. The normalized spacial score (nSPS) is 18.0. The van der Waals surface area contributed by atoms with Crippen LogP contribution in [0, 0.1) is 11.8 Å². The van der Waals surface area contributed by atoms with Gasteiger partial charge in [-0.1, -0.05) is 52.0 Å². The summed E-state index contributed by atoms with van der Waals surface area (Å²) in [5.74, 6) is 1.44. The lowest BCUT2D eigenvalue weighted by Gasteiger charge is -2.33. The number of carbonyl (C=O) groups is 4. The number of carbonyl (C=O) groups excluding carboxylic acids is 3. The van der Waals surface area contributed by atoms with E-state index in [0.717, 1.165) is 75.4 Å². The van der Waals surface area contributed by atoms with Gasteiger partial charge in [-0.15, -0.1) is 0 Å². The molecule has 4 N–H and O–H groups in total. The number of ether oxygens (including phenoxy) is 1. The van der Waals surface area contributed by atoms with E-state index < -0.39 is 24.3 Å². The Morgan fingerprint density at radius 3 is 1.95 bits per heavy atom. The van der Waals surface area contributed by atoms with Crippen molar-refractivity contribution in [3.8, 4) is 33.8 Å². The maximum Gasteiger partial charge on any atom is 0.407 e. The van der Waals surface area contributed by atoms with Gasteiger partial charge in [0.15, 0.2) is 0 Å². The number of furan rings is 1. The number of nitrogens with one attached hydrogen (secondary N) is 3. The first-order valence-electron chi connectivity index (χ1n) is 19.5. The van der Waals surface area contributed by atoms with Gasteiger partial charge in [-0.25, -0.2) is 19.6 Å². The van der Waals surface area contributed by atoms with E-state index in [1.165, 1.54) is 14.2 Å². The lowest BCUT2D eigenvalue weighted by Crippen LogP contribution is -2.51. The van der Waals surface area contributed by atoms with E-state index in [4.69, 9.17) is 9.15 Å². The van der Waals surface area contributed by atoms with E-state index in [2.05, 4.69) is 25.3 Å². The number of aromatic amines is 2. The van der Waals surface area contributed by atoms with Crippen LogP contribution in [0.3, 0.4) is 0 Å². The molecular weight excluding hydrogens is 729 g/mol. The zero-order chi connectivity index (χ0) is 40.5. The van der Waals surface area contributed by atoms with Crippen molar-refractivity contribution in [1.82, 2.24) is 40.0 Å². The zero-order valence-corrected chi connectivity index (χ0v) is 33.1. The topological polar surface area (TPSA) is 190 Å². The average Bonchev–Trinajstić information content (AvgIpc) is 4.05. The molecule has 2 fully saturated rings. The number of imidazole rings is 2. The molecule has 5 heterocycles. The standard InChI is InChI=1S/C42H50N8O7/c1-23(2)35(47-41(53)56-6)39(51)49-17-7-9-31(49)37-44-22-30(46-37)27-15-16-33-28(19-27)20-34(57-33)26-13-11-25(12-14-26)29-21-43-38(45-29)32-10-8-18-50(32)40(52)36(24(3)4)48(5)42(54)55/h11-16,19-24,31-32,35-36H,7-10,17-18H2,1-6H3,(H,43,45)(H,44,46)(H,47,53)(H,54,55)/t31-,32-,35-,36-/m0/s1. The number of likely N-dealkylation sites (N-methyl/N-ethyl adjacent to an activating group) is 1. The number of hydrogen-bond donors (Lipinski definition) is 4. The minimum Gasteiger partial charge on any atom is -0.465 e. The Bertz CT molecular complexity index is 2260. The van der Waals surface area contributed by atoms with Crippen LogP contribution in [0.15, 0.2) is 65.3 Å². The highest BCUT2D eigenvalue weighted by atomic mass is 16.5. The highest BCUT2D eigenvalue weighted by Gasteiger charge is 2.40. The van der Waals surface area contributed by atoms with E-state index >= 15 is 0 Å². The second kappa shape index (κ2) is 16.2. The number of amides is 4. The van der Waals surface area contributed by atoms with Gasteiger partial charge in [-0.05, 0) is 67.3 Å². The molecule has 2 saturated heterocycles. The van der Waals surface area contributed by atoms with Gasteiger partial charge in [0.1, 0.15) is 35.1 Å². The largest absolute Gasteiger partial charge is 0.465 e. The van der Waals surface area contributed by atoms with E-state index in [-0.39, 0.29) is 35.7 Å². The van der Waals surface area contributed by atoms with Crippen LogP contribution < -0.4 is 5.32 Å². The predicted molar refractivity (Wildman–Crippen MR) is 213 cm³/mol. The van der Waals surface area contributed by atoms with Crippen molar-refractivity contribution in [2.24, 2.45) is 11.8 Å². The minimum absolute atomic E-state index is 0.118. The molecule has 2 aliphatic heterocycles. The summed E-state index contributed by atoms with van der Waals surface area (Å²) in [6, 6.07) is 14.0. The molecular formula is C42H50N8O7. The van der Waals surface area contributed by atoms with Crippen LogP contribution in [0.25, 0.3) is 44.8 Å². The number of likely N-dealkylation sites (tertiary alicyclic amines) is 2. The van der Waals surface area contributed by atoms with Crippen molar-refractivity contribution < 1.29 is 33.4 Å². The number of H-pyrrole nitrogens is 2. The fourth-order valence-corrected chi connectivity index (χ4v) is 8.17. The molecule has 15 nitrogen and oxygen atoms in total. The first-order valence-corrected chi connectivity index (χ1v) is 19.5. The van der Waals surface area contributed by atoms with E-state index in [9.17, 15) is 24.3 Å². The van der Waals surface area contributed by atoms with Crippen LogP contribution in [-0.2, 0) is 14.3 Å². The molecule has 2 aliphatic rings. The quantitative estimate of drug-likeness (QED) is 0.107.